The molecule has 0 aliphatic heterocycles. The van der Waals surface area contributed by atoms with Crippen molar-refractivity contribution in [3.63, 3.8) is 0 Å². The van der Waals surface area contributed by atoms with Gasteiger partial charge in [-0.05, 0) is 73.0 Å². The molecule has 40 heavy (non-hydrogen) atoms. The third kappa shape index (κ3) is 6.96. The highest BCUT2D eigenvalue weighted by molar-refractivity contribution is 7.89. The van der Waals surface area contributed by atoms with Crippen molar-refractivity contribution in [3.8, 4) is 0 Å². The Labute approximate surface area is 236 Å². The van der Waals surface area contributed by atoms with Crippen molar-refractivity contribution >= 4 is 48.8 Å². The van der Waals surface area contributed by atoms with E-state index in [2.05, 4.69) is 10.1 Å². The number of rotatable bonds is 12. The van der Waals surface area contributed by atoms with Crippen LogP contribution in [-0.2, 0) is 10.0 Å². The molecule has 1 aromatic heterocycles. The SMILES string of the molecule is CCCCN(CCCC)S(=O)(=O)c1ccc(C(=O)N(/N=C/c2ccc(F)cc2)c2nc3ccc(F)cc3s2)cc1. The predicted molar refractivity (Wildman–Crippen MR) is 155 cm³/mol. The molecular weight excluding hydrogens is 554 g/mol. The van der Waals surface area contributed by atoms with Crippen molar-refractivity contribution in [2.24, 2.45) is 5.10 Å². The lowest BCUT2D eigenvalue weighted by molar-refractivity contribution is 0.0987. The number of nitrogens with zero attached hydrogens (tertiary/aromatic N) is 4. The minimum atomic E-state index is -3.73. The molecule has 210 valence electrons. The van der Waals surface area contributed by atoms with Crippen LogP contribution in [0, 0.1) is 11.6 Å². The van der Waals surface area contributed by atoms with Gasteiger partial charge in [0.05, 0.1) is 21.3 Å². The molecule has 0 saturated heterocycles. The second-order valence-corrected chi connectivity index (χ2v) is 12.1. The van der Waals surface area contributed by atoms with Crippen LogP contribution >= 0.6 is 11.3 Å². The van der Waals surface area contributed by atoms with E-state index in [4.69, 9.17) is 0 Å². The number of amides is 1. The fraction of sp³-hybridized carbons (Fsp3) is 0.276. The normalized spacial score (nSPS) is 12.0. The van der Waals surface area contributed by atoms with Crippen molar-refractivity contribution in [2.45, 2.75) is 44.4 Å². The van der Waals surface area contributed by atoms with Crippen molar-refractivity contribution in [2.75, 3.05) is 18.1 Å². The van der Waals surface area contributed by atoms with Gasteiger partial charge in [0.2, 0.25) is 15.2 Å². The predicted octanol–water partition coefficient (Wildman–Crippen LogP) is 6.85. The van der Waals surface area contributed by atoms with Crippen molar-refractivity contribution in [1.82, 2.24) is 9.29 Å². The molecule has 0 aliphatic carbocycles. The first-order chi connectivity index (χ1) is 19.2. The number of hydrazone groups is 1. The molecule has 0 N–H and O–H groups in total. The molecule has 7 nitrogen and oxygen atoms in total. The summed E-state index contributed by atoms with van der Waals surface area (Å²) in [5.41, 5.74) is 1.23. The van der Waals surface area contributed by atoms with Gasteiger partial charge >= 0.3 is 0 Å². The van der Waals surface area contributed by atoms with E-state index in [9.17, 15) is 22.0 Å². The Kier molecular flexibility index (Phi) is 9.72. The molecule has 0 aliphatic rings. The molecule has 0 unspecified atom stereocenters. The number of anilines is 1. The Bertz CT molecular complexity index is 1580. The Hall–Kier alpha value is -3.54. The maximum Gasteiger partial charge on any atom is 0.280 e. The average molecular weight is 585 g/mol. The number of hydrogen-bond acceptors (Lipinski definition) is 6. The van der Waals surface area contributed by atoms with Crippen LogP contribution < -0.4 is 5.01 Å². The van der Waals surface area contributed by atoms with Gasteiger partial charge in [-0.2, -0.15) is 14.4 Å². The fourth-order valence-corrected chi connectivity index (χ4v) is 6.36. The molecule has 0 saturated carbocycles. The van der Waals surface area contributed by atoms with E-state index < -0.39 is 27.6 Å². The quantitative estimate of drug-likeness (QED) is 0.135. The fourth-order valence-electron chi connectivity index (χ4n) is 3.90. The minimum Gasteiger partial charge on any atom is -0.267 e. The molecule has 11 heteroatoms. The van der Waals surface area contributed by atoms with Crippen LogP contribution in [0.15, 0.2) is 76.7 Å². The molecule has 0 fully saturated rings. The zero-order chi connectivity index (χ0) is 28.7. The smallest absolute Gasteiger partial charge is 0.267 e. The Morgan fingerprint density at radius 2 is 1.55 bits per heavy atom. The number of carbonyl (C=O) groups is 1. The standard InChI is InChI=1S/C29H30F2N4O3S2/c1-3-5-17-34(18-6-4-2)40(37,38)25-14-9-22(10-15-25)28(36)35(32-20-21-7-11-23(30)12-8-21)29-33-26-16-13-24(31)19-27(26)39-29/h7-16,19-20H,3-6,17-18H2,1-2H3/b32-20+. The second-order valence-electron chi connectivity index (χ2n) is 9.16. The van der Waals surface area contributed by atoms with E-state index in [1.54, 1.807) is 0 Å². The Morgan fingerprint density at radius 3 is 2.17 bits per heavy atom. The molecule has 0 spiro atoms. The zero-order valence-corrected chi connectivity index (χ0v) is 23.9. The van der Waals surface area contributed by atoms with Crippen molar-refractivity contribution < 1.29 is 22.0 Å². The van der Waals surface area contributed by atoms with E-state index in [1.807, 2.05) is 13.8 Å². The lowest BCUT2D eigenvalue weighted by Crippen LogP contribution is -2.33. The van der Waals surface area contributed by atoms with Crippen LogP contribution in [0.1, 0.15) is 55.5 Å². The summed E-state index contributed by atoms with van der Waals surface area (Å²) >= 11 is 1.08. The number of unbranched alkanes of at least 4 members (excludes halogenated alkanes) is 2. The summed E-state index contributed by atoms with van der Waals surface area (Å²) in [4.78, 5) is 18.2. The highest BCUT2D eigenvalue weighted by atomic mass is 32.2. The molecule has 4 aromatic rings. The molecule has 0 radical (unpaired) electrons. The van der Waals surface area contributed by atoms with Gasteiger partial charge in [-0.25, -0.2) is 22.2 Å². The number of aromatic nitrogens is 1. The number of hydrogen-bond donors (Lipinski definition) is 0. The Balaban J connectivity index is 1.66. The third-order valence-corrected chi connectivity index (χ3v) is 9.07. The Morgan fingerprint density at radius 1 is 0.925 bits per heavy atom. The molecular formula is C29H30F2N4O3S2. The highest BCUT2D eigenvalue weighted by Crippen LogP contribution is 2.31. The van der Waals surface area contributed by atoms with E-state index in [0.717, 1.165) is 42.0 Å². The summed E-state index contributed by atoms with van der Waals surface area (Å²) in [5.74, 6) is -1.40. The van der Waals surface area contributed by atoms with Crippen molar-refractivity contribution in [1.29, 1.82) is 0 Å². The van der Waals surface area contributed by atoms with Crippen LogP contribution in [0.2, 0.25) is 0 Å². The van der Waals surface area contributed by atoms with Gasteiger partial charge < -0.3 is 0 Å². The molecule has 4 rings (SSSR count). The molecule has 0 bridgehead atoms. The summed E-state index contributed by atoms with van der Waals surface area (Å²) < 4.78 is 55.8. The third-order valence-electron chi connectivity index (χ3n) is 6.17. The van der Waals surface area contributed by atoms with Gasteiger partial charge in [0.1, 0.15) is 11.6 Å². The number of thiazole rings is 1. The van der Waals surface area contributed by atoms with Crippen LogP contribution in [0.4, 0.5) is 13.9 Å². The molecule has 3 aromatic carbocycles. The van der Waals surface area contributed by atoms with Gasteiger partial charge in [-0.15, -0.1) is 0 Å². The topological polar surface area (TPSA) is 82.9 Å². The summed E-state index contributed by atoms with van der Waals surface area (Å²) in [6.07, 6.45) is 4.65. The largest absolute Gasteiger partial charge is 0.280 e. The molecule has 1 amide bonds. The number of carbonyl (C=O) groups excluding carboxylic acids is 1. The van der Waals surface area contributed by atoms with E-state index in [1.165, 1.54) is 77.2 Å². The first-order valence-electron chi connectivity index (χ1n) is 13.0. The van der Waals surface area contributed by atoms with Crippen LogP contribution in [0.25, 0.3) is 10.2 Å². The first kappa shape index (κ1) is 29.4. The first-order valence-corrected chi connectivity index (χ1v) is 15.3. The van der Waals surface area contributed by atoms with E-state index in [0.29, 0.717) is 28.9 Å². The average Bonchev–Trinajstić information content (AvgIpc) is 3.36. The van der Waals surface area contributed by atoms with Crippen LogP contribution in [0.5, 0.6) is 0 Å². The van der Waals surface area contributed by atoms with Gasteiger partial charge in [0, 0.05) is 18.7 Å². The second kappa shape index (κ2) is 13.2. The van der Waals surface area contributed by atoms with E-state index in [-0.39, 0.29) is 15.6 Å². The van der Waals surface area contributed by atoms with E-state index >= 15 is 0 Å². The lowest BCUT2D eigenvalue weighted by atomic mass is 10.2. The maximum atomic E-state index is 13.8. The molecule has 1 heterocycles. The van der Waals surface area contributed by atoms with Gasteiger partial charge in [0.15, 0.2) is 0 Å². The number of sulfonamides is 1. The van der Waals surface area contributed by atoms with Gasteiger partial charge in [0.25, 0.3) is 5.91 Å². The minimum absolute atomic E-state index is 0.105. The highest BCUT2D eigenvalue weighted by Gasteiger charge is 2.25. The monoisotopic (exact) mass is 584 g/mol. The number of benzene rings is 3. The van der Waals surface area contributed by atoms with Crippen molar-refractivity contribution in [3.05, 3.63) is 89.5 Å². The number of halogens is 2. The maximum absolute atomic E-state index is 13.8. The zero-order valence-electron chi connectivity index (χ0n) is 22.3. The lowest BCUT2D eigenvalue weighted by Gasteiger charge is -2.22. The van der Waals surface area contributed by atoms with Crippen LogP contribution in [-0.4, -0.2) is 42.9 Å². The molecule has 0 atom stereocenters. The van der Waals surface area contributed by atoms with Gasteiger partial charge in [-0.3, -0.25) is 4.79 Å². The summed E-state index contributed by atoms with van der Waals surface area (Å²) in [7, 11) is -3.73. The van der Waals surface area contributed by atoms with Gasteiger partial charge in [-0.1, -0.05) is 50.2 Å². The number of fused-ring (bicyclic) bond motifs is 1. The van der Waals surface area contributed by atoms with Crippen LogP contribution in [0.3, 0.4) is 0 Å². The summed E-state index contributed by atoms with van der Waals surface area (Å²) in [6, 6.07) is 15.4. The summed E-state index contributed by atoms with van der Waals surface area (Å²) in [6.45, 7) is 4.89. The summed E-state index contributed by atoms with van der Waals surface area (Å²) in [5, 5.41) is 5.59.